The Bertz CT molecular complexity index is 1380. The normalized spacial score (nSPS) is 11.2. The van der Waals surface area contributed by atoms with Gasteiger partial charge in [-0.15, -0.1) is 11.3 Å². The standard InChI is InChI=1S/C24H20FN3O3S2/c1-16-3-13-21(14-4-16)33(30,31)28(2)20-11-7-18(8-12-20)23(29)27-24-26-22(15-32-24)17-5-9-19(25)10-6-17/h3-15H,1-2H3,(H,26,27,29). The number of hydrogen-bond donors (Lipinski definition) is 1. The number of amides is 1. The van der Waals surface area contributed by atoms with E-state index in [-0.39, 0.29) is 16.6 Å². The first kappa shape index (κ1) is 22.6. The van der Waals surface area contributed by atoms with E-state index in [9.17, 15) is 17.6 Å². The first-order valence-corrected chi connectivity index (χ1v) is 12.2. The molecule has 0 radical (unpaired) electrons. The zero-order valence-electron chi connectivity index (χ0n) is 17.8. The van der Waals surface area contributed by atoms with Gasteiger partial charge in [0.05, 0.1) is 16.3 Å². The average molecular weight is 482 g/mol. The van der Waals surface area contributed by atoms with Crippen LogP contribution in [0.2, 0.25) is 0 Å². The Morgan fingerprint density at radius 1 is 0.970 bits per heavy atom. The molecular weight excluding hydrogens is 461 g/mol. The molecule has 0 unspecified atom stereocenters. The van der Waals surface area contributed by atoms with Crippen LogP contribution in [0, 0.1) is 12.7 Å². The minimum Gasteiger partial charge on any atom is -0.298 e. The van der Waals surface area contributed by atoms with Crippen LogP contribution in [0.5, 0.6) is 0 Å². The fourth-order valence-electron chi connectivity index (χ4n) is 3.08. The zero-order chi connectivity index (χ0) is 23.6. The molecule has 6 nitrogen and oxygen atoms in total. The Hall–Kier alpha value is -3.56. The van der Waals surface area contributed by atoms with Crippen molar-refractivity contribution in [2.75, 3.05) is 16.7 Å². The Kier molecular flexibility index (Phi) is 6.26. The van der Waals surface area contributed by atoms with Gasteiger partial charge in [0.15, 0.2) is 5.13 Å². The van der Waals surface area contributed by atoms with Crippen LogP contribution in [-0.4, -0.2) is 26.4 Å². The maximum Gasteiger partial charge on any atom is 0.264 e. The van der Waals surface area contributed by atoms with Crippen LogP contribution in [-0.2, 0) is 10.0 Å². The molecule has 0 aliphatic rings. The molecule has 33 heavy (non-hydrogen) atoms. The molecule has 0 spiro atoms. The maximum absolute atomic E-state index is 13.1. The fourth-order valence-corrected chi connectivity index (χ4v) is 4.99. The number of anilines is 2. The summed E-state index contributed by atoms with van der Waals surface area (Å²) >= 11 is 1.26. The van der Waals surface area contributed by atoms with E-state index in [0.717, 1.165) is 11.1 Å². The van der Waals surface area contributed by atoms with Crippen molar-refractivity contribution >= 4 is 38.1 Å². The molecule has 0 atom stereocenters. The number of carbonyl (C=O) groups excluding carboxylic acids is 1. The van der Waals surface area contributed by atoms with E-state index in [1.807, 2.05) is 6.92 Å². The van der Waals surface area contributed by atoms with Crippen molar-refractivity contribution in [2.24, 2.45) is 0 Å². The van der Waals surface area contributed by atoms with Gasteiger partial charge >= 0.3 is 0 Å². The summed E-state index contributed by atoms with van der Waals surface area (Å²) in [4.78, 5) is 17.2. The van der Waals surface area contributed by atoms with Crippen molar-refractivity contribution in [1.29, 1.82) is 0 Å². The van der Waals surface area contributed by atoms with Crippen molar-refractivity contribution in [3.05, 3.63) is 95.1 Å². The lowest BCUT2D eigenvalue weighted by Gasteiger charge is -2.20. The molecule has 3 aromatic carbocycles. The van der Waals surface area contributed by atoms with Crippen molar-refractivity contribution in [2.45, 2.75) is 11.8 Å². The summed E-state index contributed by atoms with van der Waals surface area (Å²) in [6.07, 6.45) is 0. The van der Waals surface area contributed by atoms with E-state index in [0.29, 0.717) is 22.1 Å². The second-order valence-electron chi connectivity index (χ2n) is 7.33. The predicted molar refractivity (Wildman–Crippen MR) is 129 cm³/mol. The van der Waals surface area contributed by atoms with Gasteiger partial charge in [-0.1, -0.05) is 17.7 Å². The SMILES string of the molecule is Cc1ccc(S(=O)(=O)N(C)c2ccc(C(=O)Nc3nc(-c4ccc(F)cc4)cs3)cc2)cc1. The third kappa shape index (κ3) is 4.94. The summed E-state index contributed by atoms with van der Waals surface area (Å²) in [6, 6.07) is 18.8. The Morgan fingerprint density at radius 3 is 2.24 bits per heavy atom. The Morgan fingerprint density at radius 2 is 1.61 bits per heavy atom. The van der Waals surface area contributed by atoms with Gasteiger partial charge < -0.3 is 0 Å². The highest BCUT2D eigenvalue weighted by Crippen LogP contribution is 2.26. The van der Waals surface area contributed by atoms with E-state index in [2.05, 4.69) is 10.3 Å². The van der Waals surface area contributed by atoms with Crippen LogP contribution in [0.1, 0.15) is 15.9 Å². The summed E-state index contributed by atoms with van der Waals surface area (Å²) < 4.78 is 40.0. The van der Waals surface area contributed by atoms with Gasteiger partial charge in [-0.05, 0) is 67.6 Å². The minimum absolute atomic E-state index is 0.193. The second-order valence-corrected chi connectivity index (χ2v) is 10.2. The number of aryl methyl sites for hydroxylation is 1. The number of benzene rings is 3. The third-order valence-corrected chi connectivity index (χ3v) is 7.59. The molecule has 1 amide bonds. The first-order chi connectivity index (χ1) is 15.7. The summed E-state index contributed by atoms with van der Waals surface area (Å²) in [5.41, 5.74) is 3.14. The highest BCUT2D eigenvalue weighted by atomic mass is 32.2. The largest absolute Gasteiger partial charge is 0.298 e. The molecule has 1 N–H and O–H groups in total. The molecule has 4 aromatic rings. The number of sulfonamides is 1. The molecule has 0 fully saturated rings. The van der Waals surface area contributed by atoms with Crippen molar-refractivity contribution in [3.63, 3.8) is 0 Å². The average Bonchev–Trinajstić information content (AvgIpc) is 3.28. The topological polar surface area (TPSA) is 79.4 Å². The lowest BCUT2D eigenvalue weighted by atomic mass is 10.2. The van der Waals surface area contributed by atoms with Gasteiger partial charge in [0.25, 0.3) is 15.9 Å². The number of aromatic nitrogens is 1. The summed E-state index contributed by atoms with van der Waals surface area (Å²) in [6.45, 7) is 1.89. The Labute approximate surface area is 195 Å². The highest BCUT2D eigenvalue weighted by molar-refractivity contribution is 7.92. The van der Waals surface area contributed by atoms with Gasteiger partial charge in [-0.25, -0.2) is 17.8 Å². The fraction of sp³-hybridized carbons (Fsp3) is 0.0833. The second kappa shape index (κ2) is 9.13. The molecule has 4 rings (SSSR count). The molecule has 0 saturated heterocycles. The number of nitrogens with one attached hydrogen (secondary N) is 1. The number of nitrogens with zero attached hydrogens (tertiary/aromatic N) is 2. The van der Waals surface area contributed by atoms with Crippen LogP contribution in [0.15, 0.2) is 83.1 Å². The maximum atomic E-state index is 13.1. The lowest BCUT2D eigenvalue weighted by molar-refractivity contribution is 0.102. The van der Waals surface area contributed by atoms with Crippen molar-refractivity contribution < 1.29 is 17.6 Å². The monoisotopic (exact) mass is 481 g/mol. The molecule has 1 aromatic heterocycles. The number of carbonyl (C=O) groups is 1. The molecule has 0 aliphatic carbocycles. The van der Waals surface area contributed by atoms with E-state index < -0.39 is 10.0 Å². The molecular formula is C24H20FN3O3S2. The van der Waals surface area contributed by atoms with Gasteiger partial charge in [-0.3, -0.25) is 14.4 Å². The molecule has 0 saturated carbocycles. The van der Waals surface area contributed by atoms with Crippen LogP contribution in [0.25, 0.3) is 11.3 Å². The van der Waals surface area contributed by atoms with Gasteiger partial charge in [0.1, 0.15) is 5.82 Å². The molecule has 9 heteroatoms. The van der Waals surface area contributed by atoms with E-state index in [1.165, 1.54) is 34.8 Å². The van der Waals surface area contributed by atoms with Crippen molar-refractivity contribution in [1.82, 2.24) is 4.98 Å². The molecule has 0 bridgehead atoms. The highest BCUT2D eigenvalue weighted by Gasteiger charge is 2.21. The van der Waals surface area contributed by atoms with Gasteiger partial charge in [-0.2, -0.15) is 0 Å². The molecule has 0 aliphatic heterocycles. The number of hydrogen-bond acceptors (Lipinski definition) is 5. The van der Waals surface area contributed by atoms with E-state index in [1.54, 1.807) is 66.0 Å². The van der Waals surface area contributed by atoms with Crippen LogP contribution < -0.4 is 9.62 Å². The van der Waals surface area contributed by atoms with Crippen LogP contribution in [0.3, 0.4) is 0 Å². The number of rotatable bonds is 6. The van der Waals surface area contributed by atoms with Crippen LogP contribution >= 0.6 is 11.3 Å². The molecule has 1 heterocycles. The van der Waals surface area contributed by atoms with E-state index >= 15 is 0 Å². The lowest BCUT2D eigenvalue weighted by Crippen LogP contribution is -2.26. The third-order valence-electron chi connectivity index (χ3n) is 5.04. The smallest absolute Gasteiger partial charge is 0.264 e. The number of thiazole rings is 1. The predicted octanol–water partition coefficient (Wildman–Crippen LogP) is 5.34. The quantitative estimate of drug-likeness (QED) is 0.403. The van der Waals surface area contributed by atoms with Crippen molar-refractivity contribution in [3.8, 4) is 11.3 Å². The minimum atomic E-state index is -3.72. The zero-order valence-corrected chi connectivity index (χ0v) is 19.5. The number of halogens is 1. The Balaban J connectivity index is 1.46. The van der Waals surface area contributed by atoms with Gasteiger partial charge in [0.2, 0.25) is 0 Å². The van der Waals surface area contributed by atoms with Crippen LogP contribution in [0.4, 0.5) is 15.2 Å². The summed E-state index contributed by atoms with van der Waals surface area (Å²) in [5.74, 6) is -0.700. The molecule has 168 valence electrons. The first-order valence-electron chi connectivity index (χ1n) is 9.92. The summed E-state index contributed by atoms with van der Waals surface area (Å²) in [7, 11) is -2.25. The van der Waals surface area contributed by atoms with Gasteiger partial charge in [0, 0.05) is 23.6 Å². The van der Waals surface area contributed by atoms with E-state index in [4.69, 9.17) is 0 Å². The summed E-state index contributed by atoms with van der Waals surface area (Å²) in [5, 5.41) is 4.91.